The van der Waals surface area contributed by atoms with E-state index in [4.69, 9.17) is 0 Å². The van der Waals surface area contributed by atoms with Crippen molar-refractivity contribution < 1.29 is 9.59 Å². The van der Waals surface area contributed by atoms with E-state index in [-0.39, 0.29) is 5.91 Å². The van der Waals surface area contributed by atoms with Gasteiger partial charge in [-0.15, -0.1) is 0 Å². The minimum Gasteiger partial charge on any atom is -0.326 e. The molecule has 0 aliphatic heterocycles. The molecule has 110 valence electrons. The maximum Gasteiger partial charge on any atom is 0.221 e. The van der Waals surface area contributed by atoms with Gasteiger partial charge in [-0.25, -0.2) is 0 Å². The highest BCUT2D eigenvalue weighted by Crippen LogP contribution is 2.21. The van der Waals surface area contributed by atoms with E-state index in [1.54, 1.807) is 0 Å². The van der Waals surface area contributed by atoms with Crippen molar-refractivity contribution in [3.63, 3.8) is 0 Å². The van der Waals surface area contributed by atoms with Gasteiger partial charge in [0.05, 0.1) is 0 Å². The summed E-state index contributed by atoms with van der Waals surface area (Å²) in [6, 6.07) is 6.02. The third kappa shape index (κ3) is 5.55. The largest absolute Gasteiger partial charge is 0.326 e. The number of carbonyl (C=O) groups excluding carboxylic acids is 2. The lowest BCUT2D eigenvalue weighted by molar-refractivity contribution is -0.119. The molecule has 20 heavy (non-hydrogen) atoms. The van der Waals surface area contributed by atoms with E-state index >= 15 is 0 Å². The number of rotatable bonds is 8. The van der Waals surface area contributed by atoms with Crippen LogP contribution in [0.2, 0.25) is 0 Å². The monoisotopic (exact) mass is 275 g/mol. The summed E-state index contributed by atoms with van der Waals surface area (Å²) in [5.41, 5.74) is 3.32. The first-order valence-electron chi connectivity index (χ1n) is 7.42. The van der Waals surface area contributed by atoms with Gasteiger partial charge < -0.3 is 5.32 Å². The van der Waals surface area contributed by atoms with Crippen LogP contribution in [0.25, 0.3) is 0 Å². The van der Waals surface area contributed by atoms with Gasteiger partial charge in [-0.2, -0.15) is 0 Å². The number of hydrogen-bond acceptors (Lipinski definition) is 2. The Labute approximate surface area is 121 Å². The summed E-state index contributed by atoms with van der Waals surface area (Å²) in [7, 11) is 0. The average Bonchev–Trinajstić information content (AvgIpc) is 2.41. The number of nitrogens with one attached hydrogen (secondary N) is 1. The molecule has 0 fully saturated rings. The van der Waals surface area contributed by atoms with Crippen molar-refractivity contribution in [1.82, 2.24) is 0 Å². The fraction of sp³-hybridized carbons (Fsp3) is 0.529. The van der Waals surface area contributed by atoms with Crippen molar-refractivity contribution in [3.8, 4) is 0 Å². The Morgan fingerprint density at radius 1 is 1.15 bits per heavy atom. The smallest absolute Gasteiger partial charge is 0.221 e. The zero-order valence-electron chi connectivity index (χ0n) is 12.8. The molecule has 0 unspecified atom stereocenters. The minimum absolute atomic E-state index is 0.0386. The topological polar surface area (TPSA) is 46.2 Å². The molecule has 0 bridgehead atoms. The number of amides is 1. The molecule has 0 saturated carbocycles. The molecule has 1 aromatic rings. The van der Waals surface area contributed by atoms with Gasteiger partial charge in [0.15, 0.2) is 0 Å². The number of anilines is 1. The SMILES string of the molecule is CCC(=O)CCCCCc1cccc(NC(C)=O)c1C. The van der Waals surface area contributed by atoms with E-state index in [1.807, 2.05) is 26.0 Å². The van der Waals surface area contributed by atoms with Gasteiger partial charge in [-0.3, -0.25) is 9.59 Å². The van der Waals surface area contributed by atoms with Crippen LogP contribution in [0.1, 0.15) is 57.1 Å². The predicted molar refractivity (Wildman–Crippen MR) is 83.0 cm³/mol. The van der Waals surface area contributed by atoms with E-state index < -0.39 is 0 Å². The highest BCUT2D eigenvalue weighted by molar-refractivity contribution is 5.89. The lowest BCUT2D eigenvalue weighted by Crippen LogP contribution is -2.08. The number of carbonyl (C=O) groups is 2. The van der Waals surface area contributed by atoms with Gasteiger partial charge in [0.25, 0.3) is 0 Å². The molecule has 1 amide bonds. The summed E-state index contributed by atoms with van der Waals surface area (Å²) in [5.74, 6) is 0.317. The third-order valence-corrected chi connectivity index (χ3v) is 3.55. The zero-order chi connectivity index (χ0) is 15.0. The summed E-state index contributed by atoms with van der Waals surface area (Å²) in [5, 5.41) is 2.85. The number of Topliss-reactive ketones (excluding diaryl/α,β-unsaturated/α-hetero) is 1. The number of ketones is 1. The van der Waals surface area contributed by atoms with Crippen LogP contribution in [0.15, 0.2) is 18.2 Å². The van der Waals surface area contributed by atoms with Crippen LogP contribution in [0.5, 0.6) is 0 Å². The summed E-state index contributed by atoms with van der Waals surface area (Å²) in [6.07, 6.45) is 5.51. The van der Waals surface area contributed by atoms with Gasteiger partial charge >= 0.3 is 0 Å². The lowest BCUT2D eigenvalue weighted by Gasteiger charge is -2.11. The molecule has 0 saturated heterocycles. The summed E-state index contributed by atoms with van der Waals surface area (Å²) in [4.78, 5) is 22.3. The van der Waals surface area contributed by atoms with E-state index in [2.05, 4.69) is 11.4 Å². The maximum absolute atomic E-state index is 11.2. The van der Waals surface area contributed by atoms with Gasteiger partial charge in [0.2, 0.25) is 5.91 Å². The Kier molecular flexibility index (Phi) is 6.99. The Hall–Kier alpha value is -1.64. The van der Waals surface area contributed by atoms with Gasteiger partial charge in [0.1, 0.15) is 5.78 Å². The second-order valence-corrected chi connectivity index (χ2v) is 5.22. The molecule has 3 nitrogen and oxygen atoms in total. The zero-order valence-corrected chi connectivity index (χ0v) is 12.8. The van der Waals surface area contributed by atoms with Gasteiger partial charge in [-0.05, 0) is 43.4 Å². The fourth-order valence-electron chi connectivity index (χ4n) is 2.27. The third-order valence-electron chi connectivity index (χ3n) is 3.55. The van der Waals surface area contributed by atoms with Crippen molar-refractivity contribution in [2.45, 2.75) is 59.3 Å². The molecule has 3 heteroatoms. The molecule has 1 N–H and O–H groups in total. The standard InChI is InChI=1S/C17H25NO2/c1-4-16(20)11-7-5-6-9-15-10-8-12-17(13(15)2)18-14(3)19/h8,10,12H,4-7,9,11H2,1-3H3,(H,18,19). The van der Waals surface area contributed by atoms with Crippen LogP contribution in [0, 0.1) is 6.92 Å². The summed E-state index contributed by atoms with van der Waals surface area (Å²) < 4.78 is 0. The minimum atomic E-state index is -0.0386. The molecule has 0 aromatic heterocycles. The van der Waals surface area contributed by atoms with Crippen molar-refractivity contribution in [2.24, 2.45) is 0 Å². The first-order valence-corrected chi connectivity index (χ1v) is 7.42. The number of unbranched alkanes of at least 4 members (excludes halogenated alkanes) is 2. The Bertz CT molecular complexity index is 466. The first-order chi connectivity index (χ1) is 9.54. The van der Waals surface area contributed by atoms with E-state index in [1.165, 1.54) is 12.5 Å². The van der Waals surface area contributed by atoms with Crippen LogP contribution in [0.3, 0.4) is 0 Å². The number of hydrogen-bond donors (Lipinski definition) is 1. The van der Waals surface area contributed by atoms with Gasteiger partial charge in [0, 0.05) is 25.5 Å². The van der Waals surface area contributed by atoms with Crippen LogP contribution >= 0.6 is 0 Å². The Morgan fingerprint density at radius 2 is 1.90 bits per heavy atom. The number of aryl methyl sites for hydroxylation is 1. The molecule has 0 heterocycles. The molecule has 0 radical (unpaired) electrons. The molecule has 0 aliphatic rings. The van der Waals surface area contributed by atoms with Gasteiger partial charge in [-0.1, -0.05) is 25.5 Å². The molecule has 0 aliphatic carbocycles. The molecule has 1 rings (SSSR count). The molecule has 0 atom stereocenters. The Morgan fingerprint density at radius 3 is 2.55 bits per heavy atom. The molecule has 1 aromatic carbocycles. The fourth-order valence-corrected chi connectivity index (χ4v) is 2.27. The second-order valence-electron chi connectivity index (χ2n) is 5.22. The molecular weight excluding hydrogens is 250 g/mol. The van der Waals surface area contributed by atoms with Crippen LogP contribution < -0.4 is 5.32 Å². The second kappa shape index (κ2) is 8.51. The summed E-state index contributed by atoms with van der Waals surface area (Å²) in [6.45, 7) is 5.48. The lowest BCUT2D eigenvalue weighted by atomic mass is 10.00. The van der Waals surface area contributed by atoms with Crippen molar-refractivity contribution in [1.29, 1.82) is 0 Å². The molecule has 0 spiro atoms. The van der Waals surface area contributed by atoms with Crippen LogP contribution in [-0.2, 0) is 16.0 Å². The first kappa shape index (κ1) is 16.4. The van der Waals surface area contributed by atoms with E-state index in [0.29, 0.717) is 18.6 Å². The predicted octanol–water partition coefficient (Wildman–Crippen LogP) is 4.04. The Balaban J connectivity index is 2.44. The van der Waals surface area contributed by atoms with Crippen LogP contribution in [-0.4, -0.2) is 11.7 Å². The average molecular weight is 275 g/mol. The molecular formula is C17H25NO2. The highest BCUT2D eigenvalue weighted by atomic mass is 16.1. The van der Waals surface area contributed by atoms with E-state index in [0.717, 1.165) is 36.9 Å². The maximum atomic E-state index is 11.2. The number of benzene rings is 1. The van der Waals surface area contributed by atoms with Crippen molar-refractivity contribution in [2.75, 3.05) is 5.32 Å². The van der Waals surface area contributed by atoms with Crippen molar-refractivity contribution >= 4 is 17.4 Å². The highest BCUT2D eigenvalue weighted by Gasteiger charge is 2.05. The van der Waals surface area contributed by atoms with Crippen molar-refractivity contribution in [3.05, 3.63) is 29.3 Å². The summed E-state index contributed by atoms with van der Waals surface area (Å²) >= 11 is 0. The quantitative estimate of drug-likeness (QED) is 0.728. The normalized spacial score (nSPS) is 10.3. The van der Waals surface area contributed by atoms with Crippen LogP contribution in [0.4, 0.5) is 5.69 Å². The van der Waals surface area contributed by atoms with E-state index in [9.17, 15) is 9.59 Å².